The van der Waals surface area contributed by atoms with Gasteiger partial charge in [-0.3, -0.25) is 0 Å². The zero-order chi connectivity index (χ0) is 10.7. The van der Waals surface area contributed by atoms with Crippen molar-refractivity contribution in [3.63, 3.8) is 0 Å². The lowest BCUT2D eigenvalue weighted by molar-refractivity contribution is -0.212. The van der Waals surface area contributed by atoms with Gasteiger partial charge in [0.15, 0.2) is 6.29 Å². The van der Waals surface area contributed by atoms with E-state index in [2.05, 4.69) is 6.92 Å². The van der Waals surface area contributed by atoms with Crippen LogP contribution in [-0.2, 0) is 9.47 Å². The van der Waals surface area contributed by atoms with E-state index in [0.29, 0.717) is 0 Å². The van der Waals surface area contributed by atoms with Gasteiger partial charge in [-0.25, -0.2) is 0 Å². The largest absolute Gasteiger partial charge is 0.496 e. The topological polar surface area (TPSA) is 27.7 Å². The standard InChI is InChI=1S/C12H16O3/c1-9-7-8-14-12(15-9)10-5-3-4-6-11(10)13-2/h3-6,9,12H,7-8H2,1-2H3/t9-,12-/m0/s1. The lowest BCUT2D eigenvalue weighted by atomic mass is 10.1. The lowest BCUT2D eigenvalue weighted by Gasteiger charge is -2.29. The van der Waals surface area contributed by atoms with E-state index >= 15 is 0 Å². The Morgan fingerprint density at radius 2 is 2.13 bits per heavy atom. The summed E-state index contributed by atoms with van der Waals surface area (Å²) >= 11 is 0. The number of hydrogen-bond acceptors (Lipinski definition) is 3. The fourth-order valence-electron chi connectivity index (χ4n) is 1.68. The van der Waals surface area contributed by atoms with Gasteiger partial charge in [0, 0.05) is 5.56 Å². The van der Waals surface area contributed by atoms with Crippen molar-refractivity contribution >= 4 is 0 Å². The predicted octanol–water partition coefficient (Wildman–Crippen LogP) is 2.52. The quantitative estimate of drug-likeness (QED) is 0.747. The Labute approximate surface area is 90.0 Å². The molecule has 0 spiro atoms. The Morgan fingerprint density at radius 1 is 1.33 bits per heavy atom. The Balaban J connectivity index is 2.20. The second-order valence-corrected chi connectivity index (χ2v) is 3.68. The van der Waals surface area contributed by atoms with E-state index < -0.39 is 0 Å². The molecule has 0 aromatic heterocycles. The summed E-state index contributed by atoms with van der Waals surface area (Å²) in [5.41, 5.74) is 0.964. The zero-order valence-electron chi connectivity index (χ0n) is 9.10. The van der Waals surface area contributed by atoms with E-state index in [1.54, 1.807) is 7.11 Å². The molecule has 1 aromatic rings. The van der Waals surface area contributed by atoms with E-state index in [9.17, 15) is 0 Å². The van der Waals surface area contributed by atoms with Crippen LogP contribution in [0.3, 0.4) is 0 Å². The minimum absolute atomic E-state index is 0.244. The van der Waals surface area contributed by atoms with Crippen LogP contribution in [0.25, 0.3) is 0 Å². The van der Waals surface area contributed by atoms with Crippen molar-refractivity contribution in [2.24, 2.45) is 0 Å². The van der Waals surface area contributed by atoms with Gasteiger partial charge in [0.2, 0.25) is 0 Å². The third-order valence-corrected chi connectivity index (χ3v) is 2.54. The Morgan fingerprint density at radius 3 is 2.87 bits per heavy atom. The van der Waals surface area contributed by atoms with Crippen LogP contribution in [0.15, 0.2) is 24.3 Å². The molecule has 1 saturated heterocycles. The molecule has 3 nitrogen and oxygen atoms in total. The highest BCUT2D eigenvalue weighted by atomic mass is 16.7. The molecule has 0 radical (unpaired) electrons. The van der Waals surface area contributed by atoms with Crippen molar-refractivity contribution in [3.05, 3.63) is 29.8 Å². The minimum Gasteiger partial charge on any atom is -0.496 e. The van der Waals surface area contributed by atoms with Crippen molar-refractivity contribution < 1.29 is 14.2 Å². The summed E-state index contributed by atoms with van der Waals surface area (Å²) in [5.74, 6) is 0.816. The molecular weight excluding hydrogens is 192 g/mol. The van der Waals surface area contributed by atoms with E-state index in [1.807, 2.05) is 24.3 Å². The van der Waals surface area contributed by atoms with Gasteiger partial charge in [0.25, 0.3) is 0 Å². The molecular formula is C12H16O3. The van der Waals surface area contributed by atoms with E-state index in [4.69, 9.17) is 14.2 Å². The van der Waals surface area contributed by atoms with Crippen LogP contribution < -0.4 is 4.74 Å². The molecule has 0 saturated carbocycles. The van der Waals surface area contributed by atoms with Crippen LogP contribution in [0.5, 0.6) is 5.75 Å². The second kappa shape index (κ2) is 4.64. The molecule has 1 heterocycles. The highest BCUT2D eigenvalue weighted by Gasteiger charge is 2.23. The molecule has 2 atom stereocenters. The van der Waals surface area contributed by atoms with Gasteiger partial charge < -0.3 is 14.2 Å². The van der Waals surface area contributed by atoms with Gasteiger partial charge in [0.05, 0.1) is 19.8 Å². The van der Waals surface area contributed by atoms with Gasteiger partial charge in [-0.15, -0.1) is 0 Å². The first-order chi connectivity index (χ1) is 7.31. The third-order valence-electron chi connectivity index (χ3n) is 2.54. The molecule has 3 heteroatoms. The maximum atomic E-state index is 5.71. The van der Waals surface area contributed by atoms with Gasteiger partial charge in [-0.2, -0.15) is 0 Å². The van der Waals surface area contributed by atoms with Crippen molar-refractivity contribution in [1.29, 1.82) is 0 Å². The minimum atomic E-state index is -0.287. The summed E-state index contributed by atoms with van der Waals surface area (Å²) in [4.78, 5) is 0. The van der Waals surface area contributed by atoms with Crippen LogP contribution in [0, 0.1) is 0 Å². The number of methoxy groups -OCH3 is 1. The zero-order valence-corrected chi connectivity index (χ0v) is 9.10. The highest BCUT2D eigenvalue weighted by Crippen LogP contribution is 2.32. The number of rotatable bonds is 2. The molecule has 1 fully saturated rings. The normalized spacial score (nSPS) is 26.3. The van der Waals surface area contributed by atoms with Crippen LogP contribution >= 0.6 is 0 Å². The summed E-state index contributed by atoms with van der Waals surface area (Å²) in [6.45, 7) is 2.80. The monoisotopic (exact) mass is 208 g/mol. The molecule has 0 unspecified atom stereocenters. The van der Waals surface area contributed by atoms with E-state index in [0.717, 1.165) is 24.3 Å². The first kappa shape index (κ1) is 10.5. The average Bonchev–Trinajstić information content (AvgIpc) is 2.29. The summed E-state index contributed by atoms with van der Waals surface area (Å²) in [6.07, 6.45) is 0.907. The molecule has 1 aliphatic heterocycles. The Hall–Kier alpha value is -1.06. The van der Waals surface area contributed by atoms with Crippen molar-refractivity contribution in [3.8, 4) is 5.75 Å². The lowest BCUT2D eigenvalue weighted by Crippen LogP contribution is -2.24. The SMILES string of the molecule is COc1ccccc1[C@H]1OCC[C@H](C)O1. The van der Waals surface area contributed by atoms with Crippen molar-refractivity contribution in [1.82, 2.24) is 0 Å². The highest BCUT2D eigenvalue weighted by molar-refractivity contribution is 5.34. The van der Waals surface area contributed by atoms with Crippen molar-refractivity contribution in [2.45, 2.75) is 25.7 Å². The van der Waals surface area contributed by atoms with Crippen molar-refractivity contribution in [2.75, 3.05) is 13.7 Å². The maximum Gasteiger partial charge on any atom is 0.187 e. The number of ether oxygens (including phenoxy) is 3. The maximum absolute atomic E-state index is 5.71. The number of benzene rings is 1. The van der Waals surface area contributed by atoms with Gasteiger partial charge in [-0.05, 0) is 19.4 Å². The molecule has 2 rings (SSSR count). The van der Waals surface area contributed by atoms with Crippen LogP contribution in [0.1, 0.15) is 25.2 Å². The smallest absolute Gasteiger partial charge is 0.187 e. The molecule has 0 bridgehead atoms. The molecule has 0 aliphatic carbocycles. The summed E-state index contributed by atoms with van der Waals surface area (Å²) < 4.78 is 16.6. The van der Waals surface area contributed by atoms with E-state index in [1.165, 1.54) is 0 Å². The summed E-state index contributed by atoms with van der Waals surface area (Å²) in [7, 11) is 1.66. The number of hydrogen-bond donors (Lipinski definition) is 0. The van der Waals surface area contributed by atoms with Crippen LogP contribution in [0.2, 0.25) is 0 Å². The Bertz CT molecular complexity index is 324. The van der Waals surface area contributed by atoms with Crippen LogP contribution in [-0.4, -0.2) is 19.8 Å². The Kier molecular flexibility index (Phi) is 3.23. The fourth-order valence-corrected chi connectivity index (χ4v) is 1.68. The molecule has 15 heavy (non-hydrogen) atoms. The molecule has 1 aromatic carbocycles. The van der Waals surface area contributed by atoms with Gasteiger partial charge >= 0.3 is 0 Å². The van der Waals surface area contributed by atoms with Crippen LogP contribution in [0.4, 0.5) is 0 Å². The van der Waals surface area contributed by atoms with Gasteiger partial charge in [-0.1, -0.05) is 18.2 Å². The predicted molar refractivity (Wildman–Crippen MR) is 56.9 cm³/mol. The number of para-hydroxylation sites is 1. The summed E-state index contributed by atoms with van der Waals surface area (Å²) in [5, 5.41) is 0. The third kappa shape index (κ3) is 2.30. The first-order valence-corrected chi connectivity index (χ1v) is 5.21. The second-order valence-electron chi connectivity index (χ2n) is 3.68. The van der Waals surface area contributed by atoms with Gasteiger partial charge in [0.1, 0.15) is 5.75 Å². The fraction of sp³-hybridized carbons (Fsp3) is 0.500. The molecule has 0 amide bonds. The average molecular weight is 208 g/mol. The molecule has 0 N–H and O–H groups in total. The summed E-state index contributed by atoms with van der Waals surface area (Å²) in [6, 6.07) is 7.79. The van der Waals surface area contributed by atoms with E-state index in [-0.39, 0.29) is 12.4 Å². The molecule has 82 valence electrons. The first-order valence-electron chi connectivity index (χ1n) is 5.21. The molecule has 1 aliphatic rings.